The molecule has 3 aliphatic rings. The molecule has 2 heterocycles. The number of hydrogen-bond acceptors (Lipinski definition) is 2. The summed E-state index contributed by atoms with van der Waals surface area (Å²) in [5.74, 6) is 2.14. The molecule has 0 aromatic heterocycles. The van der Waals surface area contributed by atoms with E-state index in [0.717, 1.165) is 11.8 Å². The molecule has 3 fully saturated rings. The van der Waals surface area contributed by atoms with Gasteiger partial charge in [0.1, 0.15) is 0 Å². The minimum Gasteiger partial charge on any atom is -0.291 e. The summed E-state index contributed by atoms with van der Waals surface area (Å²) < 4.78 is 0. The second-order valence-electron chi connectivity index (χ2n) is 13.9. The number of nitrogens with zero attached hydrogens (tertiary/aromatic N) is 2. The normalized spacial score (nSPS) is 27.8. The number of likely N-dealkylation sites (tertiary alicyclic amines) is 2. The highest BCUT2D eigenvalue weighted by Gasteiger charge is 2.47. The third kappa shape index (κ3) is 5.05. The Balaban J connectivity index is 1.33. The number of hydrogen-bond donors (Lipinski definition) is 0. The lowest BCUT2D eigenvalue weighted by atomic mass is 9.87. The van der Waals surface area contributed by atoms with Gasteiger partial charge in [0.2, 0.25) is 0 Å². The van der Waals surface area contributed by atoms with Crippen molar-refractivity contribution in [2.75, 3.05) is 13.1 Å². The quantitative estimate of drug-likeness (QED) is 0.385. The molecule has 4 atom stereocenters. The monoisotopic (exact) mass is 486 g/mol. The van der Waals surface area contributed by atoms with Crippen molar-refractivity contribution in [2.45, 2.75) is 122 Å². The second-order valence-corrected chi connectivity index (χ2v) is 13.9. The molecule has 0 spiro atoms. The molecule has 2 aromatic rings. The molecule has 0 bridgehead atoms. The van der Waals surface area contributed by atoms with Crippen LogP contribution in [0.1, 0.15) is 133 Å². The minimum absolute atomic E-state index is 0.227. The predicted octanol–water partition coefficient (Wildman–Crippen LogP) is 8.85. The van der Waals surface area contributed by atoms with E-state index in [1.165, 1.54) is 51.6 Å². The standard InChI is InChI=1S/C34H50N2/c1-24(2)26-14-8-10-16-28(26)32-19-13-21-36(32)34(6,7)23-25-22-30(25)27-15-9-11-17-29(27)31-18-12-20-35(31)33(3,4)5/h8-11,14-17,24-25,30-32H,12-13,18-23H2,1-7H3. The average molecular weight is 487 g/mol. The first-order chi connectivity index (χ1) is 17.1. The fraction of sp³-hybridized carbons (Fsp3) is 0.647. The van der Waals surface area contributed by atoms with E-state index in [0.29, 0.717) is 18.0 Å². The van der Waals surface area contributed by atoms with Gasteiger partial charge in [0, 0.05) is 23.2 Å². The Morgan fingerprint density at radius 3 is 1.94 bits per heavy atom. The van der Waals surface area contributed by atoms with Gasteiger partial charge in [-0.2, -0.15) is 0 Å². The van der Waals surface area contributed by atoms with Crippen LogP contribution in [0.5, 0.6) is 0 Å². The van der Waals surface area contributed by atoms with Gasteiger partial charge in [0.05, 0.1) is 0 Å². The Labute approximate surface area is 221 Å². The molecule has 196 valence electrons. The Morgan fingerprint density at radius 1 is 0.750 bits per heavy atom. The summed E-state index contributed by atoms with van der Waals surface area (Å²) in [6.45, 7) is 19.4. The summed E-state index contributed by atoms with van der Waals surface area (Å²) in [6.07, 6.45) is 7.92. The summed E-state index contributed by atoms with van der Waals surface area (Å²) in [7, 11) is 0. The van der Waals surface area contributed by atoms with Crippen LogP contribution >= 0.6 is 0 Å². The highest BCUT2D eigenvalue weighted by Crippen LogP contribution is 2.56. The Hall–Kier alpha value is -1.64. The van der Waals surface area contributed by atoms with Crippen molar-refractivity contribution in [2.24, 2.45) is 5.92 Å². The zero-order valence-electron chi connectivity index (χ0n) is 24.1. The van der Waals surface area contributed by atoms with E-state index in [1.807, 2.05) is 0 Å². The zero-order chi connectivity index (χ0) is 25.7. The first kappa shape index (κ1) is 26.0. The summed E-state index contributed by atoms with van der Waals surface area (Å²) in [5, 5.41) is 0. The molecule has 2 aromatic carbocycles. The maximum Gasteiger partial charge on any atom is 0.0356 e. The van der Waals surface area contributed by atoms with Crippen molar-refractivity contribution in [1.29, 1.82) is 0 Å². The van der Waals surface area contributed by atoms with Gasteiger partial charge in [-0.1, -0.05) is 62.4 Å². The van der Waals surface area contributed by atoms with Crippen molar-refractivity contribution in [3.63, 3.8) is 0 Å². The predicted molar refractivity (Wildman–Crippen MR) is 154 cm³/mol. The van der Waals surface area contributed by atoms with Gasteiger partial charge in [-0.15, -0.1) is 0 Å². The van der Waals surface area contributed by atoms with E-state index in [4.69, 9.17) is 0 Å². The van der Waals surface area contributed by atoms with Gasteiger partial charge in [-0.25, -0.2) is 0 Å². The van der Waals surface area contributed by atoms with Crippen LogP contribution in [-0.4, -0.2) is 34.0 Å². The van der Waals surface area contributed by atoms with Crippen molar-refractivity contribution in [3.05, 3.63) is 70.8 Å². The molecule has 0 N–H and O–H groups in total. The average Bonchev–Trinajstić information content (AvgIpc) is 3.22. The molecule has 2 saturated heterocycles. The van der Waals surface area contributed by atoms with Crippen LogP contribution in [-0.2, 0) is 0 Å². The summed E-state index contributed by atoms with van der Waals surface area (Å²) in [4.78, 5) is 5.63. The first-order valence-corrected chi connectivity index (χ1v) is 14.8. The third-order valence-electron chi connectivity index (χ3n) is 9.56. The van der Waals surface area contributed by atoms with Crippen LogP contribution in [0.3, 0.4) is 0 Å². The van der Waals surface area contributed by atoms with Crippen LogP contribution in [0.15, 0.2) is 48.5 Å². The zero-order valence-corrected chi connectivity index (χ0v) is 24.1. The number of benzene rings is 2. The molecule has 0 amide bonds. The van der Waals surface area contributed by atoms with Crippen LogP contribution in [0.25, 0.3) is 0 Å². The van der Waals surface area contributed by atoms with E-state index in [1.54, 1.807) is 22.3 Å². The van der Waals surface area contributed by atoms with Gasteiger partial charge in [0.25, 0.3) is 0 Å². The molecule has 1 aliphatic carbocycles. The summed E-state index contributed by atoms with van der Waals surface area (Å²) in [6, 6.07) is 19.9. The smallest absolute Gasteiger partial charge is 0.0356 e. The van der Waals surface area contributed by atoms with Gasteiger partial charge in [-0.3, -0.25) is 9.80 Å². The largest absolute Gasteiger partial charge is 0.291 e. The second kappa shape index (κ2) is 9.91. The Kier molecular flexibility index (Phi) is 7.16. The van der Waals surface area contributed by atoms with Crippen molar-refractivity contribution < 1.29 is 0 Å². The van der Waals surface area contributed by atoms with E-state index in [9.17, 15) is 0 Å². The van der Waals surface area contributed by atoms with E-state index in [-0.39, 0.29) is 11.1 Å². The molecular formula is C34H50N2. The van der Waals surface area contributed by atoms with E-state index in [2.05, 4.69) is 107 Å². The van der Waals surface area contributed by atoms with Gasteiger partial charge < -0.3 is 0 Å². The molecule has 4 unspecified atom stereocenters. The molecule has 1 saturated carbocycles. The van der Waals surface area contributed by atoms with Crippen LogP contribution in [0.2, 0.25) is 0 Å². The van der Waals surface area contributed by atoms with Crippen LogP contribution in [0.4, 0.5) is 0 Å². The van der Waals surface area contributed by atoms with Gasteiger partial charge in [0.15, 0.2) is 0 Å². The van der Waals surface area contributed by atoms with Crippen molar-refractivity contribution >= 4 is 0 Å². The van der Waals surface area contributed by atoms with E-state index < -0.39 is 0 Å². The van der Waals surface area contributed by atoms with E-state index >= 15 is 0 Å². The summed E-state index contributed by atoms with van der Waals surface area (Å²) in [5.41, 5.74) is 6.87. The molecule has 2 nitrogen and oxygen atoms in total. The van der Waals surface area contributed by atoms with Gasteiger partial charge in [-0.05, 0) is 126 Å². The molecule has 0 radical (unpaired) electrons. The molecule has 2 heteroatoms. The van der Waals surface area contributed by atoms with Gasteiger partial charge >= 0.3 is 0 Å². The highest BCUT2D eigenvalue weighted by atomic mass is 15.2. The summed E-state index contributed by atoms with van der Waals surface area (Å²) >= 11 is 0. The molecule has 2 aliphatic heterocycles. The topological polar surface area (TPSA) is 6.48 Å². The Bertz CT molecular complexity index is 1050. The highest BCUT2D eigenvalue weighted by molar-refractivity contribution is 5.38. The molecule has 5 rings (SSSR count). The van der Waals surface area contributed by atoms with Crippen molar-refractivity contribution in [3.8, 4) is 0 Å². The van der Waals surface area contributed by atoms with Crippen LogP contribution in [0, 0.1) is 5.92 Å². The molecular weight excluding hydrogens is 436 g/mol. The maximum atomic E-state index is 2.87. The lowest BCUT2D eigenvalue weighted by Gasteiger charge is -2.41. The minimum atomic E-state index is 0.227. The SMILES string of the molecule is CC(C)c1ccccc1C1CCCN1C(C)(C)CC1CC1c1ccccc1C1CCCN1C(C)(C)C. The maximum absolute atomic E-state index is 2.87. The molecule has 36 heavy (non-hydrogen) atoms. The lowest BCUT2D eigenvalue weighted by molar-refractivity contribution is 0.0900. The fourth-order valence-electron chi connectivity index (χ4n) is 7.81. The first-order valence-electron chi connectivity index (χ1n) is 14.8. The van der Waals surface area contributed by atoms with Crippen LogP contribution < -0.4 is 0 Å². The number of rotatable bonds is 7. The Morgan fingerprint density at radius 2 is 1.31 bits per heavy atom. The lowest BCUT2D eigenvalue weighted by Crippen LogP contribution is -2.44. The fourth-order valence-corrected chi connectivity index (χ4v) is 7.81. The third-order valence-corrected chi connectivity index (χ3v) is 9.56. The van der Waals surface area contributed by atoms with Crippen molar-refractivity contribution in [1.82, 2.24) is 9.80 Å².